The number of hydrogen-bond donors (Lipinski definition) is 1. The Morgan fingerprint density at radius 2 is 2.11 bits per heavy atom. The van der Waals surface area contributed by atoms with Crippen molar-refractivity contribution in [2.75, 3.05) is 7.11 Å². The maximum Gasteiger partial charge on any atom is 0.357 e. The Labute approximate surface area is 105 Å². The Bertz CT molecular complexity index is 602. The molecule has 1 aromatic heterocycles. The molecule has 0 aliphatic carbocycles. The standard InChI is InChI=1S/C13H14N2O3/c1-8-6-9(18-3)4-5-10(8)11-7-15(2)14-12(11)13(16)17/h4-7H,1-3H3,(H,16,17). The van der Waals surface area contributed by atoms with Gasteiger partial charge in [0.15, 0.2) is 5.69 Å². The van der Waals surface area contributed by atoms with Gasteiger partial charge in [-0.2, -0.15) is 5.10 Å². The fourth-order valence-corrected chi connectivity index (χ4v) is 1.91. The van der Waals surface area contributed by atoms with Crippen LogP contribution in [0.4, 0.5) is 0 Å². The molecule has 0 saturated heterocycles. The first-order chi connectivity index (χ1) is 8.52. The van der Waals surface area contributed by atoms with E-state index < -0.39 is 5.97 Å². The molecular weight excluding hydrogens is 232 g/mol. The van der Waals surface area contributed by atoms with Gasteiger partial charge in [-0.05, 0) is 30.2 Å². The Morgan fingerprint density at radius 3 is 2.67 bits per heavy atom. The molecule has 2 rings (SSSR count). The van der Waals surface area contributed by atoms with Crippen LogP contribution in [0.15, 0.2) is 24.4 Å². The molecular formula is C13H14N2O3. The summed E-state index contributed by atoms with van der Waals surface area (Å²) >= 11 is 0. The Kier molecular flexibility index (Phi) is 3.06. The summed E-state index contributed by atoms with van der Waals surface area (Å²) in [4.78, 5) is 11.1. The van der Waals surface area contributed by atoms with E-state index in [1.54, 1.807) is 26.4 Å². The molecule has 0 amide bonds. The summed E-state index contributed by atoms with van der Waals surface area (Å²) in [5.41, 5.74) is 2.47. The third-order valence-corrected chi connectivity index (χ3v) is 2.76. The molecule has 18 heavy (non-hydrogen) atoms. The third-order valence-electron chi connectivity index (χ3n) is 2.76. The smallest absolute Gasteiger partial charge is 0.357 e. The second-order valence-corrected chi connectivity index (χ2v) is 4.05. The van der Waals surface area contributed by atoms with Crippen LogP contribution in [0.1, 0.15) is 16.1 Å². The summed E-state index contributed by atoms with van der Waals surface area (Å²) in [5, 5.41) is 13.1. The number of nitrogens with zero attached hydrogens (tertiary/aromatic N) is 2. The largest absolute Gasteiger partial charge is 0.497 e. The second kappa shape index (κ2) is 4.52. The molecule has 0 radical (unpaired) electrons. The predicted octanol–water partition coefficient (Wildman–Crippen LogP) is 2.10. The van der Waals surface area contributed by atoms with Gasteiger partial charge in [-0.15, -0.1) is 0 Å². The number of methoxy groups -OCH3 is 1. The zero-order valence-electron chi connectivity index (χ0n) is 10.5. The monoisotopic (exact) mass is 246 g/mol. The highest BCUT2D eigenvalue weighted by molar-refractivity contribution is 5.94. The number of aryl methyl sites for hydroxylation is 2. The number of carboxylic acids is 1. The van der Waals surface area contributed by atoms with Crippen molar-refractivity contribution in [2.45, 2.75) is 6.92 Å². The molecule has 0 aliphatic rings. The lowest BCUT2D eigenvalue weighted by molar-refractivity contribution is 0.0690. The first-order valence-electron chi connectivity index (χ1n) is 5.45. The molecule has 0 spiro atoms. The van der Waals surface area contributed by atoms with Crippen LogP contribution in [0, 0.1) is 6.92 Å². The van der Waals surface area contributed by atoms with E-state index >= 15 is 0 Å². The van der Waals surface area contributed by atoms with E-state index in [0.717, 1.165) is 16.9 Å². The molecule has 5 heteroatoms. The fourth-order valence-electron chi connectivity index (χ4n) is 1.91. The maximum atomic E-state index is 11.1. The van der Waals surface area contributed by atoms with Crippen molar-refractivity contribution in [1.82, 2.24) is 9.78 Å². The van der Waals surface area contributed by atoms with Crippen LogP contribution < -0.4 is 4.74 Å². The molecule has 2 aromatic rings. The lowest BCUT2D eigenvalue weighted by Crippen LogP contribution is -2.01. The van der Waals surface area contributed by atoms with Crippen LogP contribution in [-0.2, 0) is 7.05 Å². The van der Waals surface area contributed by atoms with Crippen molar-refractivity contribution in [3.05, 3.63) is 35.7 Å². The van der Waals surface area contributed by atoms with Crippen molar-refractivity contribution in [2.24, 2.45) is 7.05 Å². The van der Waals surface area contributed by atoms with Gasteiger partial charge in [0.2, 0.25) is 0 Å². The number of hydrogen-bond acceptors (Lipinski definition) is 3. The SMILES string of the molecule is COc1ccc(-c2cn(C)nc2C(=O)O)c(C)c1. The van der Waals surface area contributed by atoms with Gasteiger partial charge in [0.1, 0.15) is 5.75 Å². The molecule has 1 heterocycles. The summed E-state index contributed by atoms with van der Waals surface area (Å²) in [6, 6.07) is 5.52. The van der Waals surface area contributed by atoms with E-state index in [-0.39, 0.29) is 5.69 Å². The molecule has 0 aliphatic heterocycles. The Morgan fingerprint density at radius 1 is 1.39 bits per heavy atom. The number of carboxylic acid groups (broad SMARTS) is 1. The van der Waals surface area contributed by atoms with Crippen LogP contribution in [-0.4, -0.2) is 28.0 Å². The minimum absolute atomic E-state index is 0.0609. The summed E-state index contributed by atoms with van der Waals surface area (Å²) in [6.45, 7) is 1.91. The maximum absolute atomic E-state index is 11.1. The number of aromatic carboxylic acids is 1. The van der Waals surface area contributed by atoms with Crippen molar-refractivity contribution in [3.8, 4) is 16.9 Å². The van der Waals surface area contributed by atoms with E-state index in [9.17, 15) is 4.79 Å². The molecule has 0 fully saturated rings. The highest BCUT2D eigenvalue weighted by Gasteiger charge is 2.17. The van der Waals surface area contributed by atoms with Gasteiger partial charge in [-0.25, -0.2) is 4.79 Å². The summed E-state index contributed by atoms with van der Waals surface area (Å²) in [5.74, 6) is -0.280. The van der Waals surface area contributed by atoms with Crippen LogP contribution in [0.2, 0.25) is 0 Å². The second-order valence-electron chi connectivity index (χ2n) is 4.05. The van der Waals surface area contributed by atoms with Crippen molar-refractivity contribution < 1.29 is 14.6 Å². The van der Waals surface area contributed by atoms with E-state index in [2.05, 4.69) is 5.10 Å². The molecule has 1 N–H and O–H groups in total. The van der Waals surface area contributed by atoms with E-state index in [0.29, 0.717) is 5.56 Å². The quantitative estimate of drug-likeness (QED) is 0.900. The highest BCUT2D eigenvalue weighted by atomic mass is 16.5. The Hall–Kier alpha value is -2.30. The van der Waals surface area contributed by atoms with Gasteiger partial charge in [-0.3, -0.25) is 4.68 Å². The van der Waals surface area contributed by atoms with Gasteiger partial charge in [-0.1, -0.05) is 6.07 Å². The lowest BCUT2D eigenvalue weighted by atomic mass is 10.0. The van der Waals surface area contributed by atoms with Crippen LogP contribution in [0.25, 0.3) is 11.1 Å². The van der Waals surface area contributed by atoms with Crippen LogP contribution >= 0.6 is 0 Å². The normalized spacial score (nSPS) is 10.4. The zero-order chi connectivity index (χ0) is 13.3. The van der Waals surface area contributed by atoms with E-state index in [4.69, 9.17) is 9.84 Å². The Balaban J connectivity index is 2.58. The first-order valence-corrected chi connectivity index (χ1v) is 5.45. The van der Waals surface area contributed by atoms with Gasteiger partial charge in [0.25, 0.3) is 0 Å². The van der Waals surface area contributed by atoms with Crippen LogP contribution in [0.5, 0.6) is 5.75 Å². The van der Waals surface area contributed by atoms with Crippen molar-refractivity contribution in [3.63, 3.8) is 0 Å². The number of benzene rings is 1. The average molecular weight is 246 g/mol. The lowest BCUT2D eigenvalue weighted by Gasteiger charge is -2.07. The molecule has 0 bridgehead atoms. The van der Waals surface area contributed by atoms with E-state index in [1.165, 1.54) is 4.68 Å². The number of rotatable bonds is 3. The number of ether oxygens (including phenoxy) is 1. The molecule has 0 saturated carbocycles. The fraction of sp³-hybridized carbons (Fsp3) is 0.231. The predicted molar refractivity (Wildman–Crippen MR) is 66.9 cm³/mol. The van der Waals surface area contributed by atoms with E-state index in [1.807, 2.05) is 19.1 Å². The zero-order valence-corrected chi connectivity index (χ0v) is 10.5. The van der Waals surface area contributed by atoms with Gasteiger partial charge >= 0.3 is 5.97 Å². The number of carbonyl (C=O) groups is 1. The first kappa shape index (κ1) is 12.2. The average Bonchev–Trinajstić information content (AvgIpc) is 2.71. The summed E-state index contributed by atoms with van der Waals surface area (Å²) in [7, 11) is 3.30. The van der Waals surface area contributed by atoms with Crippen molar-refractivity contribution in [1.29, 1.82) is 0 Å². The topological polar surface area (TPSA) is 64.4 Å². The molecule has 94 valence electrons. The molecule has 0 unspecified atom stereocenters. The minimum atomic E-state index is -1.03. The number of aromatic nitrogens is 2. The van der Waals surface area contributed by atoms with Gasteiger partial charge in [0, 0.05) is 18.8 Å². The summed E-state index contributed by atoms with van der Waals surface area (Å²) < 4.78 is 6.63. The van der Waals surface area contributed by atoms with Gasteiger partial charge < -0.3 is 9.84 Å². The highest BCUT2D eigenvalue weighted by Crippen LogP contribution is 2.28. The molecule has 5 nitrogen and oxygen atoms in total. The minimum Gasteiger partial charge on any atom is -0.497 e. The summed E-state index contributed by atoms with van der Waals surface area (Å²) in [6.07, 6.45) is 1.71. The van der Waals surface area contributed by atoms with Crippen LogP contribution in [0.3, 0.4) is 0 Å². The van der Waals surface area contributed by atoms with Crippen molar-refractivity contribution >= 4 is 5.97 Å². The molecule has 0 atom stereocenters. The van der Waals surface area contributed by atoms with Gasteiger partial charge in [0.05, 0.1) is 7.11 Å². The third kappa shape index (κ3) is 2.07. The molecule has 1 aromatic carbocycles.